The highest BCUT2D eigenvalue weighted by atomic mass is 32.2. The monoisotopic (exact) mass is 448 g/mol. The largest absolute Gasteiger partial charge is 0.493 e. The van der Waals surface area contributed by atoms with Gasteiger partial charge in [0.1, 0.15) is 6.04 Å². The lowest BCUT2D eigenvalue weighted by Gasteiger charge is -2.30. The van der Waals surface area contributed by atoms with Gasteiger partial charge in [-0.15, -0.1) is 0 Å². The van der Waals surface area contributed by atoms with E-state index < -0.39 is 16.1 Å². The zero-order chi connectivity index (χ0) is 23.2. The number of hydrogen-bond donors (Lipinski definition) is 1. The van der Waals surface area contributed by atoms with E-state index in [1.165, 1.54) is 4.31 Å². The zero-order valence-electron chi connectivity index (χ0n) is 19.0. The summed E-state index contributed by atoms with van der Waals surface area (Å²) in [7, 11) is -2.10. The smallest absolute Gasteiger partial charge is 0.244 e. The summed E-state index contributed by atoms with van der Waals surface area (Å²) < 4.78 is 37.3. The third-order valence-corrected chi connectivity index (χ3v) is 5.86. The topological polar surface area (TPSA) is 84.9 Å². The Bertz CT molecular complexity index is 988. The maximum atomic E-state index is 13.0. The summed E-state index contributed by atoms with van der Waals surface area (Å²) in [5, 5.41) is 2.85. The first-order valence-electron chi connectivity index (χ1n) is 10.2. The summed E-state index contributed by atoms with van der Waals surface area (Å²) in [6, 6.07) is 11.7. The van der Waals surface area contributed by atoms with Gasteiger partial charge in [0, 0.05) is 6.54 Å². The second kappa shape index (κ2) is 10.5. The summed E-state index contributed by atoms with van der Waals surface area (Å²) in [6.07, 6.45) is 1.45. The number of carbonyl (C=O) groups is 1. The molecule has 0 heterocycles. The standard InChI is InChI=1S/C23H32N2O5S/c1-7-20(25(31(6,27)28)19-11-8-17(4)9-12-19)23(26)24-15-18-10-13-21(30-16(2)3)22(14-18)29-5/h8-14,16,20H,7,15H2,1-6H3,(H,24,26)/t20-/m0/s1. The fourth-order valence-corrected chi connectivity index (χ4v) is 4.44. The Labute approximate surface area is 185 Å². The van der Waals surface area contributed by atoms with Gasteiger partial charge in [0.25, 0.3) is 0 Å². The Hall–Kier alpha value is -2.74. The van der Waals surface area contributed by atoms with Crippen LogP contribution in [0.15, 0.2) is 42.5 Å². The first-order chi connectivity index (χ1) is 14.6. The van der Waals surface area contributed by atoms with Crippen molar-refractivity contribution >= 4 is 21.6 Å². The van der Waals surface area contributed by atoms with Crippen molar-refractivity contribution in [3.8, 4) is 11.5 Å². The fourth-order valence-electron chi connectivity index (χ4n) is 3.23. The molecule has 2 aromatic carbocycles. The molecular weight excluding hydrogens is 416 g/mol. The molecular formula is C23H32N2O5S. The van der Waals surface area contributed by atoms with Crippen LogP contribution in [0, 0.1) is 6.92 Å². The first-order valence-corrected chi connectivity index (χ1v) is 12.1. The minimum Gasteiger partial charge on any atom is -0.493 e. The Kier molecular flexibility index (Phi) is 8.33. The van der Waals surface area contributed by atoms with Crippen LogP contribution in [0.5, 0.6) is 11.5 Å². The number of hydrogen-bond acceptors (Lipinski definition) is 5. The van der Waals surface area contributed by atoms with Crippen molar-refractivity contribution in [3.63, 3.8) is 0 Å². The van der Waals surface area contributed by atoms with Gasteiger partial charge in [0.2, 0.25) is 15.9 Å². The highest BCUT2D eigenvalue weighted by Crippen LogP contribution is 2.29. The number of rotatable bonds is 10. The van der Waals surface area contributed by atoms with Gasteiger partial charge in [-0.1, -0.05) is 30.7 Å². The molecule has 0 saturated heterocycles. The van der Waals surface area contributed by atoms with Crippen molar-refractivity contribution in [1.82, 2.24) is 5.32 Å². The normalized spacial score (nSPS) is 12.4. The van der Waals surface area contributed by atoms with E-state index in [2.05, 4.69) is 5.32 Å². The molecule has 170 valence electrons. The van der Waals surface area contributed by atoms with Crippen LogP contribution in [0.1, 0.15) is 38.3 Å². The lowest BCUT2D eigenvalue weighted by Crippen LogP contribution is -2.49. The van der Waals surface area contributed by atoms with Gasteiger partial charge in [-0.25, -0.2) is 8.42 Å². The SMILES string of the molecule is CC[C@@H](C(=O)NCc1ccc(OC(C)C)c(OC)c1)N(c1ccc(C)cc1)S(C)(=O)=O. The van der Waals surface area contributed by atoms with E-state index in [0.717, 1.165) is 17.4 Å². The molecule has 7 nitrogen and oxygen atoms in total. The number of carbonyl (C=O) groups excluding carboxylic acids is 1. The molecule has 2 aromatic rings. The van der Waals surface area contributed by atoms with Crippen molar-refractivity contribution < 1.29 is 22.7 Å². The van der Waals surface area contributed by atoms with Gasteiger partial charge < -0.3 is 14.8 Å². The summed E-state index contributed by atoms with van der Waals surface area (Å²) in [5.74, 6) is 0.835. The quantitative estimate of drug-likeness (QED) is 0.600. The van der Waals surface area contributed by atoms with Crippen LogP contribution < -0.4 is 19.1 Å². The van der Waals surface area contributed by atoms with Crippen molar-refractivity contribution in [2.45, 2.75) is 52.8 Å². The van der Waals surface area contributed by atoms with E-state index in [1.54, 1.807) is 38.3 Å². The van der Waals surface area contributed by atoms with Gasteiger partial charge in [-0.05, 0) is 57.0 Å². The molecule has 0 bridgehead atoms. The predicted molar refractivity (Wildman–Crippen MR) is 123 cm³/mol. The Balaban J connectivity index is 2.20. The van der Waals surface area contributed by atoms with Crippen molar-refractivity contribution in [1.29, 1.82) is 0 Å². The lowest BCUT2D eigenvalue weighted by atomic mass is 10.1. The van der Waals surface area contributed by atoms with Gasteiger partial charge >= 0.3 is 0 Å². The zero-order valence-corrected chi connectivity index (χ0v) is 19.8. The molecule has 0 aliphatic heterocycles. The third-order valence-electron chi connectivity index (χ3n) is 4.68. The van der Waals surface area contributed by atoms with Gasteiger partial charge in [-0.2, -0.15) is 0 Å². The van der Waals surface area contributed by atoms with E-state index in [9.17, 15) is 13.2 Å². The molecule has 31 heavy (non-hydrogen) atoms. The number of aryl methyl sites for hydroxylation is 1. The summed E-state index contributed by atoms with van der Waals surface area (Å²) in [5.41, 5.74) is 2.29. The molecule has 0 unspecified atom stereocenters. The highest BCUT2D eigenvalue weighted by molar-refractivity contribution is 7.92. The molecule has 0 aliphatic carbocycles. The van der Waals surface area contributed by atoms with Crippen LogP contribution in [0.3, 0.4) is 0 Å². The number of methoxy groups -OCH3 is 1. The van der Waals surface area contributed by atoms with E-state index in [-0.39, 0.29) is 18.6 Å². The Morgan fingerprint density at radius 1 is 1.10 bits per heavy atom. The van der Waals surface area contributed by atoms with Gasteiger partial charge in [0.15, 0.2) is 11.5 Å². The van der Waals surface area contributed by atoms with Crippen LogP contribution >= 0.6 is 0 Å². The molecule has 0 aromatic heterocycles. The average molecular weight is 449 g/mol. The first kappa shape index (κ1) is 24.5. The maximum absolute atomic E-state index is 13.0. The Morgan fingerprint density at radius 2 is 1.74 bits per heavy atom. The molecule has 0 radical (unpaired) electrons. The highest BCUT2D eigenvalue weighted by Gasteiger charge is 2.31. The molecule has 0 aliphatic rings. The second-order valence-corrected chi connectivity index (χ2v) is 9.55. The molecule has 1 atom stereocenters. The molecule has 1 amide bonds. The van der Waals surface area contributed by atoms with E-state index in [0.29, 0.717) is 23.6 Å². The molecule has 0 fully saturated rings. The minimum absolute atomic E-state index is 0.00788. The van der Waals surface area contributed by atoms with Gasteiger partial charge in [0.05, 0.1) is 25.2 Å². The second-order valence-electron chi connectivity index (χ2n) is 7.69. The van der Waals surface area contributed by atoms with E-state index in [1.807, 2.05) is 39.0 Å². The van der Waals surface area contributed by atoms with E-state index >= 15 is 0 Å². The third kappa shape index (κ3) is 6.62. The van der Waals surface area contributed by atoms with Crippen LogP contribution in [-0.4, -0.2) is 39.8 Å². The number of nitrogens with one attached hydrogen (secondary N) is 1. The number of nitrogens with zero attached hydrogens (tertiary/aromatic N) is 1. The lowest BCUT2D eigenvalue weighted by molar-refractivity contribution is -0.122. The van der Waals surface area contributed by atoms with Crippen molar-refractivity contribution in [2.24, 2.45) is 0 Å². The van der Waals surface area contributed by atoms with Crippen molar-refractivity contribution in [3.05, 3.63) is 53.6 Å². The predicted octanol–water partition coefficient (Wildman–Crippen LogP) is 3.65. The van der Waals surface area contributed by atoms with Crippen LogP contribution in [0.2, 0.25) is 0 Å². The fraction of sp³-hybridized carbons (Fsp3) is 0.435. The molecule has 0 spiro atoms. The van der Waals surface area contributed by atoms with E-state index in [4.69, 9.17) is 9.47 Å². The van der Waals surface area contributed by atoms with Crippen LogP contribution in [-0.2, 0) is 21.4 Å². The van der Waals surface area contributed by atoms with Crippen LogP contribution in [0.4, 0.5) is 5.69 Å². The van der Waals surface area contributed by atoms with Crippen LogP contribution in [0.25, 0.3) is 0 Å². The number of sulfonamides is 1. The van der Waals surface area contributed by atoms with Crippen molar-refractivity contribution in [2.75, 3.05) is 17.7 Å². The summed E-state index contributed by atoms with van der Waals surface area (Å²) >= 11 is 0. The summed E-state index contributed by atoms with van der Waals surface area (Å²) in [4.78, 5) is 13.0. The summed E-state index contributed by atoms with van der Waals surface area (Å²) in [6.45, 7) is 7.81. The number of ether oxygens (including phenoxy) is 2. The number of anilines is 1. The average Bonchev–Trinajstić information content (AvgIpc) is 2.70. The minimum atomic E-state index is -3.66. The maximum Gasteiger partial charge on any atom is 0.244 e. The molecule has 0 saturated carbocycles. The molecule has 1 N–H and O–H groups in total. The van der Waals surface area contributed by atoms with Gasteiger partial charge in [-0.3, -0.25) is 9.10 Å². The number of amides is 1. The molecule has 8 heteroatoms. The molecule has 2 rings (SSSR count). The number of benzene rings is 2. The Morgan fingerprint density at radius 3 is 2.26 bits per heavy atom.